The third kappa shape index (κ3) is 3.42. The Labute approximate surface area is 83.1 Å². The lowest BCUT2D eigenvalue weighted by Crippen LogP contribution is -2.06. The molecular weight excluding hydrogens is 184 g/mol. The molecule has 0 aliphatic rings. The van der Waals surface area contributed by atoms with Gasteiger partial charge in [0.05, 0.1) is 12.0 Å². The average molecular weight is 200 g/mol. The van der Waals surface area contributed by atoms with E-state index in [1.54, 1.807) is 18.0 Å². The largest absolute Gasteiger partial charge is 0.468 e. The normalized spacial score (nSPS) is 10.6. The summed E-state index contributed by atoms with van der Waals surface area (Å²) < 4.78 is 5.36. The van der Waals surface area contributed by atoms with Gasteiger partial charge in [0.25, 0.3) is 0 Å². The maximum absolute atomic E-state index is 5.40. The first-order valence-electron chi connectivity index (χ1n) is 4.36. The van der Waals surface area contributed by atoms with Gasteiger partial charge in [0.15, 0.2) is 0 Å². The van der Waals surface area contributed by atoms with Crippen molar-refractivity contribution in [1.29, 1.82) is 0 Å². The van der Waals surface area contributed by atoms with Crippen LogP contribution in [0.2, 0.25) is 0 Å². The molecule has 0 radical (unpaired) electrons. The fourth-order valence-electron chi connectivity index (χ4n) is 1.09. The highest BCUT2D eigenvalue weighted by Gasteiger charge is 2.04. The van der Waals surface area contributed by atoms with Crippen LogP contribution in [0.15, 0.2) is 16.7 Å². The number of rotatable bonds is 6. The van der Waals surface area contributed by atoms with Crippen molar-refractivity contribution < 1.29 is 4.42 Å². The van der Waals surface area contributed by atoms with Gasteiger partial charge >= 0.3 is 0 Å². The second kappa shape index (κ2) is 6.07. The molecule has 4 heteroatoms. The van der Waals surface area contributed by atoms with Crippen molar-refractivity contribution in [3.05, 3.63) is 23.7 Å². The maximum atomic E-state index is 5.40. The second-order valence-corrected chi connectivity index (χ2v) is 3.85. The van der Waals surface area contributed by atoms with Crippen LogP contribution in [0.25, 0.3) is 0 Å². The molecule has 0 unspecified atom stereocenters. The molecule has 3 nitrogen and oxygen atoms in total. The molecule has 0 aromatic carbocycles. The van der Waals surface area contributed by atoms with Crippen LogP contribution in [0.4, 0.5) is 0 Å². The summed E-state index contributed by atoms with van der Waals surface area (Å²) in [7, 11) is 1.93. The van der Waals surface area contributed by atoms with Crippen LogP contribution in [0.3, 0.4) is 0 Å². The van der Waals surface area contributed by atoms with E-state index in [1.807, 2.05) is 13.1 Å². The van der Waals surface area contributed by atoms with Crippen LogP contribution < -0.4 is 11.1 Å². The zero-order chi connectivity index (χ0) is 9.52. The van der Waals surface area contributed by atoms with Gasteiger partial charge in [-0.1, -0.05) is 0 Å². The van der Waals surface area contributed by atoms with Crippen molar-refractivity contribution in [2.45, 2.75) is 12.3 Å². The van der Waals surface area contributed by atoms with E-state index in [2.05, 4.69) is 5.32 Å². The van der Waals surface area contributed by atoms with Crippen LogP contribution in [0, 0.1) is 0 Å². The van der Waals surface area contributed by atoms with E-state index in [0.29, 0.717) is 0 Å². The highest BCUT2D eigenvalue weighted by molar-refractivity contribution is 7.98. The van der Waals surface area contributed by atoms with Gasteiger partial charge in [0, 0.05) is 24.4 Å². The van der Waals surface area contributed by atoms with Gasteiger partial charge in [-0.2, -0.15) is 11.8 Å². The summed E-state index contributed by atoms with van der Waals surface area (Å²) in [4.78, 5) is 0. The summed E-state index contributed by atoms with van der Waals surface area (Å²) in [6, 6.07) is 2.01. The molecule has 1 aromatic rings. The van der Waals surface area contributed by atoms with Gasteiger partial charge in [-0.05, 0) is 13.1 Å². The fourth-order valence-corrected chi connectivity index (χ4v) is 1.84. The maximum Gasteiger partial charge on any atom is 0.118 e. The molecule has 1 rings (SSSR count). The molecule has 0 saturated heterocycles. The molecule has 3 N–H and O–H groups in total. The van der Waals surface area contributed by atoms with Crippen molar-refractivity contribution in [2.24, 2.45) is 5.73 Å². The molecule has 0 aliphatic heterocycles. The number of thioether (sulfide) groups is 1. The SMILES string of the molecule is CNCc1ccoc1CSCCN. The molecule has 74 valence electrons. The Bertz CT molecular complexity index is 237. The van der Waals surface area contributed by atoms with E-state index in [0.717, 1.165) is 30.4 Å². The Morgan fingerprint density at radius 3 is 3.15 bits per heavy atom. The van der Waals surface area contributed by atoms with E-state index in [-0.39, 0.29) is 0 Å². The molecule has 0 saturated carbocycles. The van der Waals surface area contributed by atoms with Crippen LogP contribution >= 0.6 is 11.8 Å². The molecule has 0 spiro atoms. The quantitative estimate of drug-likeness (QED) is 0.677. The lowest BCUT2D eigenvalue weighted by atomic mass is 10.2. The Morgan fingerprint density at radius 1 is 1.62 bits per heavy atom. The van der Waals surface area contributed by atoms with Crippen LogP contribution in [-0.2, 0) is 12.3 Å². The van der Waals surface area contributed by atoms with Gasteiger partial charge in [0.1, 0.15) is 5.76 Å². The molecule has 13 heavy (non-hydrogen) atoms. The molecule has 1 aromatic heterocycles. The lowest BCUT2D eigenvalue weighted by Gasteiger charge is -2.00. The smallest absolute Gasteiger partial charge is 0.118 e. The summed E-state index contributed by atoms with van der Waals surface area (Å²) in [5.74, 6) is 2.97. The van der Waals surface area contributed by atoms with Gasteiger partial charge in [-0.15, -0.1) is 0 Å². The van der Waals surface area contributed by atoms with Gasteiger partial charge in [-0.3, -0.25) is 0 Å². The summed E-state index contributed by atoms with van der Waals surface area (Å²) in [5.41, 5.74) is 6.64. The van der Waals surface area contributed by atoms with E-state index in [9.17, 15) is 0 Å². The minimum atomic E-state index is 0.729. The number of furan rings is 1. The third-order valence-corrected chi connectivity index (χ3v) is 2.69. The highest BCUT2D eigenvalue weighted by Crippen LogP contribution is 2.17. The van der Waals surface area contributed by atoms with Crippen molar-refractivity contribution in [1.82, 2.24) is 5.32 Å². The number of hydrogen-bond acceptors (Lipinski definition) is 4. The Hall–Kier alpha value is -0.450. The molecule has 1 heterocycles. The zero-order valence-electron chi connectivity index (χ0n) is 7.88. The van der Waals surface area contributed by atoms with Crippen LogP contribution in [0.5, 0.6) is 0 Å². The van der Waals surface area contributed by atoms with Crippen molar-refractivity contribution in [3.8, 4) is 0 Å². The molecule has 0 fully saturated rings. The average Bonchev–Trinajstić information content (AvgIpc) is 2.54. The summed E-state index contributed by atoms with van der Waals surface area (Å²) in [5, 5.41) is 3.11. The zero-order valence-corrected chi connectivity index (χ0v) is 8.69. The second-order valence-electron chi connectivity index (χ2n) is 2.74. The Kier molecular flexibility index (Phi) is 4.97. The topological polar surface area (TPSA) is 51.2 Å². The minimum absolute atomic E-state index is 0.729. The third-order valence-electron chi connectivity index (χ3n) is 1.70. The first-order valence-corrected chi connectivity index (χ1v) is 5.51. The number of nitrogens with two attached hydrogens (primary N) is 1. The summed E-state index contributed by atoms with van der Waals surface area (Å²) in [6.07, 6.45) is 1.74. The van der Waals surface area contributed by atoms with Gasteiger partial charge < -0.3 is 15.5 Å². The Morgan fingerprint density at radius 2 is 2.46 bits per heavy atom. The van der Waals surface area contributed by atoms with Crippen molar-refractivity contribution in [3.63, 3.8) is 0 Å². The predicted molar refractivity (Wildman–Crippen MR) is 56.7 cm³/mol. The van der Waals surface area contributed by atoms with E-state index >= 15 is 0 Å². The molecule has 0 aliphatic carbocycles. The number of nitrogens with one attached hydrogen (secondary N) is 1. The number of hydrogen-bond donors (Lipinski definition) is 2. The standard InChI is InChI=1S/C9H16N2OS/c1-11-6-8-2-4-12-9(8)7-13-5-3-10/h2,4,11H,3,5-7,10H2,1H3. The predicted octanol–water partition coefficient (Wildman–Crippen LogP) is 1.19. The minimum Gasteiger partial charge on any atom is -0.468 e. The van der Waals surface area contributed by atoms with E-state index in [1.165, 1.54) is 5.56 Å². The van der Waals surface area contributed by atoms with Crippen molar-refractivity contribution in [2.75, 3.05) is 19.3 Å². The van der Waals surface area contributed by atoms with E-state index < -0.39 is 0 Å². The first-order chi connectivity index (χ1) is 6.38. The van der Waals surface area contributed by atoms with Crippen LogP contribution in [0.1, 0.15) is 11.3 Å². The molecule has 0 bridgehead atoms. The van der Waals surface area contributed by atoms with Crippen LogP contribution in [-0.4, -0.2) is 19.3 Å². The molecule has 0 amide bonds. The van der Waals surface area contributed by atoms with Gasteiger partial charge in [0.2, 0.25) is 0 Å². The summed E-state index contributed by atoms with van der Waals surface area (Å²) >= 11 is 1.80. The fraction of sp³-hybridized carbons (Fsp3) is 0.556. The monoisotopic (exact) mass is 200 g/mol. The molecular formula is C9H16N2OS. The van der Waals surface area contributed by atoms with E-state index in [4.69, 9.17) is 10.2 Å². The van der Waals surface area contributed by atoms with Crippen molar-refractivity contribution >= 4 is 11.8 Å². The van der Waals surface area contributed by atoms with Gasteiger partial charge in [-0.25, -0.2) is 0 Å². The molecule has 0 atom stereocenters. The lowest BCUT2D eigenvalue weighted by molar-refractivity contribution is 0.524. The highest BCUT2D eigenvalue weighted by atomic mass is 32.2. The summed E-state index contributed by atoms with van der Waals surface area (Å²) in [6.45, 7) is 1.60. The Balaban J connectivity index is 2.40. The first kappa shape index (κ1) is 10.6.